The first kappa shape index (κ1) is 33.0. The molecule has 3 N–H and O–H groups in total. The second-order valence-corrected chi connectivity index (χ2v) is 10.8. The van der Waals surface area contributed by atoms with Crippen molar-refractivity contribution in [2.45, 2.75) is 70.3 Å². The normalized spacial score (nSPS) is 13.0. The molecule has 0 fully saturated rings. The molecule has 1 unspecified atom stereocenters. The number of carboxylic acids is 2. The van der Waals surface area contributed by atoms with Gasteiger partial charge in [-0.15, -0.1) is 0 Å². The quantitative estimate of drug-likeness (QED) is 0.160. The predicted octanol–water partition coefficient (Wildman–Crippen LogP) is 6.10. The Morgan fingerprint density at radius 1 is 1.02 bits per heavy atom. The molecule has 0 radical (unpaired) electrons. The monoisotopic (exact) mass is 622 g/mol. The van der Waals surface area contributed by atoms with E-state index in [0.717, 1.165) is 60.6 Å². The number of nitrogens with one attached hydrogen (secondary N) is 1. The molecule has 0 spiro atoms. The summed E-state index contributed by atoms with van der Waals surface area (Å²) in [7, 11) is 0. The number of aromatic nitrogens is 3. The van der Waals surface area contributed by atoms with Crippen molar-refractivity contribution < 1.29 is 37.8 Å². The molecule has 0 saturated heterocycles. The molecule has 3 heterocycles. The fraction of sp³-hybridized carbons (Fsp3) is 0.364. The van der Waals surface area contributed by atoms with Gasteiger partial charge in [-0.3, -0.25) is 4.79 Å². The van der Waals surface area contributed by atoms with Crippen LogP contribution in [0.15, 0.2) is 71.3 Å². The highest BCUT2D eigenvalue weighted by Crippen LogP contribution is 2.27. The van der Waals surface area contributed by atoms with Gasteiger partial charge in [-0.25, -0.2) is 9.78 Å². The molecule has 10 nitrogen and oxygen atoms in total. The summed E-state index contributed by atoms with van der Waals surface area (Å²) in [6.07, 6.45) is 4.92. The molecule has 4 aromatic rings. The van der Waals surface area contributed by atoms with Gasteiger partial charge in [-0.1, -0.05) is 53.7 Å². The summed E-state index contributed by atoms with van der Waals surface area (Å²) in [5.74, 6) is -4.00. The van der Waals surface area contributed by atoms with E-state index in [2.05, 4.69) is 27.6 Å². The maximum absolute atomic E-state index is 11.6. The fourth-order valence-electron chi connectivity index (χ4n) is 4.72. The molecule has 0 amide bonds. The summed E-state index contributed by atoms with van der Waals surface area (Å²) >= 11 is 0. The number of benzene rings is 2. The molecule has 0 aliphatic carbocycles. The summed E-state index contributed by atoms with van der Waals surface area (Å²) in [5.41, 5.74) is 4.32. The Hall–Kier alpha value is -4.87. The molecule has 1 aliphatic heterocycles. The summed E-state index contributed by atoms with van der Waals surface area (Å²) in [4.78, 5) is 30.1. The van der Waals surface area contributed by atoms with Crippen molar-refractivity contribution in [2.75, 3.05) is 11.9 Å². The molecule has 0 bridgehead atoms. The van der Waals surface area contributed by atoms with Crippen LogP contribution in [0.25, 0.3) is 0 Å². The van der Waals surface area contributed by atoms with E-state index in [4.69, 9.17) is 19.4 Å². The van der Waals surface area contributed by atoms with Gasteiger partial charge in [-0.05, 0) is 60.6 Å². The number of hydrogen-bond acceptors (Lipinski definition) is 8. The number of hydrogen-bond donors (Lipinski definition) is 3. The lowest BCUT2D eigenvalue weighted by Crippen LogP contribution is -2.22. The maximum atomic E-state index is 11.6. The number of nitrogens with zero attached hydrogens (tertiary/aromatic N) is 3. The van der Waals surface area contributed by atoms with E-state index in [1.54, 1.807) is 0 Å². The van der Waals surface area contributed by atoms with Crippen molar-refractivity contribution in [1.29, 1.82) is 0 Å². The zero-order valence-electron chi connectivity index (χ0n) is 24.9. The fourth-order valence-corrected chi connectivity index (χ4v) is 4.72. The van der Waals surface area contributed by atoms with Gasteiger partial charge in [0.1, 0.15) is 18.2 Å². The molecule has 1 aliphatic rings. The standard InChI is InChI=1S/C30H32N4O4.C3H4F2O2/c35-29(36)19-24(22-12-15-26(16-13-22)37-20-21-6-2-1-3-7-21)18-28-33-27(34-38-28)10-4-9-25-14-11-23-8-5-17-31-30(23)32-25;1-3(4,5)2(6)7/h1-3,6-7,11-16,24H,4-5,8-10,17-20H2,(H,31,32)(H,35,36);1H3,(H,6,7). The van der Waals surface area contributed by atoms with Gasteiger partial charge < -0.3 is 24.8 Å². The van der Waals surface area contributed by atoms with E-state index in [9.17, 15) is 23.5 Å². The van der Waals surface area contributed by atoms with Gasteiger partial charge in [0.05, 0.1) is 6.42 Å². The number of pyridine rings is 1. The van der Waals surface area contributed by atoms with Gasteiger partial charge in [0.15, 0.2) is 5.82 Å². The predicted molar refractivity (Wildman–Crippen MR) is 162 cm³/mol. The average molecular weight is 623 g/mol. The van der Waals surface area contributed by atoms with Crippen LogP contribution in [0.2, 0.25) is 0 Å². The Labute approximate surface area is 259 Å². The third-order valence-electron chi connectivity index (χ3n) is 7.11. The number of anilines is 1. The van der Waals surface area contributed by atoms with E-state index in [1.165, 1.54) is 5.56 Å². The number of fused-ring (bicyclic) bond motifs is 1. The summed E-state index contributed by atoms with van der Waals surface area (Å²) in [5, 5.41) is 24.5. The molecule has 2 aromatic heterocycles. The number of rotatable bonds is 13. The van der Waals surface area contributed by atoms with Crippen molar-refractivity contribution in [3.8, 4) is 5.75 Å². The molecule has 5 rings (SSSR count). The van der Waals surface area contributed by atoms with Crippen LogP contribution in [0.1, 0.15) is 66.2 Å². The van der Waals surface area contributed by atoms with Crippen LogP contribution in [-0.4, -0.2) is 49.7 Å². The van der Waals surface area contributed by atoms with Gasteiger partial charge in [0, 0.05) is 37.9 Å². The largest absolute Gasteiger partial charge is 0.489 e. The Morgan fingerprint density at radius 2 is 1.76 bits per heavy atom. The highest BCUT2D eigenvalue weighted by molar-refractivity contribution is 5.74. The number of ether oxygens (including phenoxy) is 1. The van der Waals surface area contributed by atoms with E-state index < -0.39 is 17.9 Å². The van der Waals surface area contributed by atoms with Crippen LogP contribution >= 0.6 is 0 Å². The molecule has 0 saturated carbocycles. The van der Waals surface area contributed by atoms with Crippen LogP contribution < -0.4 is 10.1 Å². The van der Waals surface area contributed by atoms with Crippen molar-refractivity contribution in [2.24, 2.45) is 0 Å². The third kappa shape index (κ3) is 10.7. The number of carbonyl (C=O) groups is 2. The number of aryl methyl sites for hydroxylation is 3. The van der Waals surface area contributed by atoms with E-state index in [0.29, 0.717) is 38.1 Å². The second kappa shape index (κ2) is 15.7. The molecule has 1 atom stereocenters. The van der Waals surface area contributed by atoms with Crippen molar-refractivity contribution in [1.82, 2.24) is 15.1 Å². The summed E-state index contributed by atoms with van der Waals surface area (Å²) < 4.78 is 33.8. The van der Waals surface area contributed by atoms with Crippen LogP contribution in [0, 0.1) is 0 Å². The highest BCUT2D eigenvalue weighted by Gasteiger charge is 2.31. The summed E-state index contributed by atoms with van der Waals surface area (Å²) in [6, 6.07) is 21.8. The lowest BCUT2D eigenvalue weighted by Gasteiger charge is -2.17. The number of halogens is 2. The first-order chi connectivity index (χ1) is 21.6. The minimum atomic E-state index is -3.58. The average Bonchev–Trinajstić information content (AvgIpc) is 3.47. The molecular formula is C33H36F2N4O6. The van der Waals surface area contributed by atoms with Crippen molar-refractivity contribution in [3.05, 3.63) is 101 Å². The van der Waals surface area contributed by atoms with Crippen LogP contribution in [0.3, 0.4) is 0 Å². The SMILES string of the molecule is CC(F)(F)C(=O)O.O=C(O)CC(Cc1nc(CCCc2ccc3c(n2)NCCC3)no1)c1ccc(OCc2ccccc2)cc1. The molecule has 45 heavy (non-hydrogen) atoms. The zero-order valence-corrected chi connectivity index (χ0v) is 24.9. The number of aliphatic carboxylic acids is 2. The first-order valence-electron chi connectivity index (χ1n) is 14.7. The van der Waals surface area contributed by atoms with E-state index in [1.807, 2.05) is 54.6 Å². The van der Waals surface area contributed by atoms with Crippen LogP contribution in [-0.2, 0) is 41.9 Å². The topological polar surface area (TPSA) is 148 Å². The van der Waals surface area contributed by atoms with Crippen LogP contribution in [0.4, 0.5) is 14.6 Å². The summed E-state index contributed by atoms with van der Waals surface area (Å²) in [6.45, 7) is 1.78. The lowest BCUT2D eigenvalue weighted by atomic mass is 9.92. The molecule has 2 aromatic carbocycles. The third-order valence-corrected chi connectivity index (χ3v) is 7.11. The Bertz CT molecular complexity index is 1540. The zero-order chi connectivity index (χ0) is 32.2. The van der Waals surface area contributed by atoms with Crippen molar-refractivity contribution >= 4 is 17.8 Å². The minimum absolute atomic E-state index is 0.0278. The van der Waals surface area contributed by atoms with Gasteiger partial charge in [0.25, 0.3) is 0 Å². The maximum Gasteiger partial charge on any atom is 0.374 e. The minimum Gasteiger partial charge on any atom is -0.489 e. The van der Waals surface area contributed by atoms with Gasteiger partial charge >= 0.3 is 17.9 Å². The van der Waals surface area contributed by atoms with Crippen LogP contribution in [0.5, 0.6) is 5.75 Å². The Morgan fingerprint density at radius 3 is 2.44 bits per heavy atom. The Kier molecular flexibility index (Phi) is 11.5. The van der Waals surface area contributed by atoms with E-state index in [-0.39, 0.29) is 12.3 Å². The van der Waals surface area contributed by atoms with Gasteiger partial charge in [-0.2, -0.15) is 13.8 Å². The molecule has 12 heteroatoms. The smallest absolute Gasteiger partial charge is 0.374 e. The highest BCUT2D eigenvalue weighted by atomic mass is 19.3. The number of carboxylic acid groups (broad SMARTS) is 2. The first-order valence-corrected chi connectivity index (χ1v) is 14.7. The lowest BCUT2D eigenvalue weighted by molar-refractivity contribution is -0.161. The van der Waals surface area contributed by atoms with E-state index >= 15 is 0 Å². The van der Waals surface area contributed by atoms with Crippen molar-refractivity contribution in [3.63, 3.8) is 0 Å². The van der Waals surface area contributed by atoms with Gasteiger partial charge in [0.2, 0.25) is 5.89 Å². The molecule has 238 valence electrons. The number of alkyl halides is 2. The molecular weight excluding hydrogens is 586 g/mol. The second-order valence-electron chi connectivity index (χ2n) is 10.8. The Balaban J connectivity index is 0.000000591.